The topological polar surface area (TPSA) is 30.8 Å². The van der Waals surface area contributed by atoms with Crippen LogP contribution in [0.15, 0.2) is 4.99 Å². The van der Waals surface area contributed by atoms with Crippen molar-refractivity contribution in [3.8, 4) is 0 Å². The molecule has 1 aliphatic heterocycles. The fourth-order valence-electron chi connectivity index (χ4n) is 4.19. The Balaban J connectivity index is 1.73. The van der Waals surface area contributed by atoms with Gasteiger partial charge in [0, 0.05) is 13.0 Å². The summed E-state index contributed by atoms with van der Waals surface area (Å²) in [6.07, 6.45) is 27.3. The highest BCUT2D eigenvalue weighted by molar-refractivity contribution is 5.77. The number of ether oxygens (including phenoxy) is 2. The molecule has 1 unspecified atom stereocenters. The van der Waals surface area contributed by atoms with Gasteiger partial charge >= 0.3 is 0 Å². The smallest absolute Gasteiger partial charge is 0.183 e. The largest absolute Gasteiger partial charge is 0.479 e. The molecule has 0 aromatic rings. The maximum Gasteiger partial charge on any atom is 0.183 e. The number of hydrogen-bond acceptors (Lipinski definition) is 3. The van der Waals surface area contributed by atoms with Crippen LogP contribution in [-0.4, -0.2) is 31.8 Å². The highest BCUT2D eigenvalue weighted by Crippen LogP contribution is 2.14. The lowest BCUT2D eigenvalue weighted by atomic mass is 10.0. The lowest BCUT2D eigenvalue weighted by molar-refractivity contribution is 0.109. The Hall–Kier alpha value is -0.570. The van der Waals surface area contributed by atoms with E-state index >= 15 is 0 Å². The van der Waals surface area contributed by atoms with Gasteiger partial charge in [0.05, 0.1) is 6.61 Å². The Labute approximate surface area is 188 Å². The first-order valence-electron chi connectivity index (χ1n) is 13.6. The van der Waals surface area contributed by atoms with E-state index in [0.717, 1.165) is 32.1 Å². The second-order valence-corrected chi connectivity index (χ2v) is 9.32. The van der Waals surface area contributed by atoms with Crippen LogP contribution >= 0.6 is 0 Å². The standard InChI is InChI=1S/C27H53NO2/c1-3-5-7-8-9-10-11-12-13-14-15-16-17-18-19-21-23-29-24-26-25-30-27(28-26)22-20-6-4-2/h26H,3-25H2,1-2H3. The molecule has 3 nitrogen and oxygen atoms in total. The summed E-state index contributed by atoms with van der Waals surface area (Å²) < 4.78 is 11.5. The molecule has 0 fully saturated rings. The fourth-order valence-corrected chi connectivity index (χ4v) is 4.19. The van der Waals surface area contributed by atoms with E-state index in [4.69, 9.17) is 9.47 Å². The average Bonchev–Trinajstić information content (AvgIpc) is 3.20. The van der Waals surface area contributed by atoms with Crippen molar-refractivity contribution in [1.82, 2.24) is 0 Å². The zero-order valence-corrected chi connectivity index (χ0v) is 20.6. The van der Waals surface area contributed by atoms with Gasteiger partial charge in [-0.25, -0.2) is 4.99 Å². The van der Waals surface area contributed by atoms with E-state index < -0.39 is 0 Å². The van der Waals surface area contributed by atoms with Crippen LogP contribution in [-0.2, 0) is 9.47 Å². The van der Waals surface area contributed by atoms with Gasteiger partial charge in [-0.1, -0.05) is 123 Å². The first kappa shape index (κ1) is 27.5. The van der Waals surface area contributed by atoms with Gasteiger partial charge in [0.15, 0.2) is 5.90 Å². The van der Waals surface area contributed by atoms with Crippen LogP contribution in [0.1, 0.15) is 142 Å². The first-order chi connectivity index (χ1) is 14.9. The third-order valence-electron chi connectivity index (χ3n) is 6.22. The molecule has 0 aromatic carbocycles. The zero-order valence-electron chi connectivity index (χ0n) is 20.6. The molecule has 30 heavy (non-hydrogen) atoms. The molecule has 0 amide bonds. The molecule has 1 atom stereocenters. The first-order valence-corrected chi connectivity index (χ1v) is 13.6. The van der Waals surface area contributed by atoms with Gasteiger partial charge < -0.3 is 9.47 Å². The van der Waals surface area contributed by atoms with Crippen LogP contribution in [0.3, 0.4) is 0 Å². The Bertz CT molecular complexity index is 383. The summed E-state index contributed by atoms with van der Waals surface area (Å²) in [6.45, 7) is 6.86. The number of aliphatic imine (C=N–C) groups is 1. The highest BCUT2D eigenvalue weighted by atomic mass is 16.5. The predicted octanol–water partition coefficient (Wildman–Crippen LogP) is 8.64. The molecular weight excluding hydrogens is 370 g/mol. The lowest BCUT2D eigenvalue weighted by Gasteiger charge is -2.07. The second-order valence-electron chi connectivity index (χ2n) is 9.32. The normalized spacial score (nSPS) is 16.1. The van der Waals surface area contributed by atoms with Crippen LogP contribution in [0.25, 0.3) is 0 Å². The van der Waals surface area contributed by atoms with Crippen molar-refractivity contribution < 1.29 is 9.47 Å². The maximum absolute atomic E-state index is 5.82. The molecule has 0 bridgehead atoms. The minimum Gasteiger partial charge on any atom is -0.479 e. The molecule has 0 saturated heterocycles. The zero-order chi connectivity index (χ0) is 21.5. The molecule has 178 valence electrons. The number of rotatable bonds is 23. The summed E-state index contributed by atoms with van der Waals surface area (Å²) in [5.41, 5.74) is 0. The molecular formula is C27H53NO2. The summed E-state index contributed by atoms with van der Waals surface area (Å²) in [6, 6.07) is 0.239. The van der Waals surface area contributed by atoms with Crippen LogP contribution in [0.2, 0.25) is 0 Å². The lowest BCUT2D eigenvalue weighted by Crippen LogP contribution is -2.15. The average molecular weight is 424 g/mol. The molecule has 0 aromatic heterocycles. The van der Waals surface area contributed by atoms with Gasteiger partial charge in [-0.2, -0.15) is 0 Å². The summed E-state index contributed by atoms with van der Waals surface area (Å²) >= 11 is 0. The fraction of sp³-hybridized carbons (Fsp3) is 0.963. The minimum atomic E-state index is 0.239. The molecule has 1 heterocycles. The molecule has 0 aliphatic carbocycles. The van der Waals surface area contributed by atoms with Crippen LogP contribution in [0.5, 0.6) is 0 Å². The van der Waals surface area contributed by atoms with Crippen LogP contribution in [0, 0.1) is 0 Å². The summed E-state index contributed by atoms with van der Waals surface area (Å²) in [7, 11) is 0. The van der Waals surface area contributed by atoms with Crippen LogP contribution < -0.4 is 0 Å². The van der Waals surface area contributed by atoms with Crippen molar-refractivity contribution in [2.24, 2.45) is 4.99 Å². The van der Waals surface area contributed by atoms with Crippen molar-refractivity contribution in [2.45, 2.75) is 148 Å². The Morgan fingerprint density at radius 1 is 0.667 bits per heavy atom. The Morgan fingerprint density at radius 2 is 1.13 bits per heavy atom. The highest BCUT2D eigenvalue weighted by Gasteiger charge is 2.18. The van der Waals surface area contributed by atoms with Gasteiger partial charge in [-0.05, 0) is 12.8 Å². The summed E-state index contributed by atoms with van der Waals surface area (Å²) in [5, 5.41) is 0. The Morgan fingerprint density at radius 3 is 1.67 bits per heavy atom. The summed E-state index contributed by atoms with van der Waals surface area (Å²) in [4.78, 5) is 4.64. The number of unbranched alkanes of at least 4 members (excludes halogenated alkanes) is 17. The van der Waals surface area contributed by atoms with Gasteiger partial charge in [-0.3, -0.25) is 0 Å². The van der Waals surface area contributed by atoms with E-state index in [2.05, 4.69) is 18.8 Å². The predicted molar refractivity (Wildman–Crippen MR) is 132 cm³/mol. The minimum absolute atomic E-state index is 0.239. The van der Waals surface area contributed by atoms with E-state index in [-0.39, 0.29) is 6.04 Å². The van der Waals surface area contributed by atoms with Gasteiger partial charge in [0.2, 0.25) is 0 Å². The molecule has 0 radical (unpaired) electrons. The number of nitrogens with zero attached hydrogens (tertiary/aromatic N) is 1. The summed E-state index contributed by atoms with van der Waals surface area (Å²) in [5.74, 6) is 0.958. The van der Waals surface area contributed by atoms with Crippen molar-refractivity contribution >= 4 is 5.90 Å². The SMILES string of the molecule is CCCCCCCCCCCCCCCCCCOCC1COC(CCCCC)=N1. The van der Waals surface area contributed by atoms with Gasteiger partial charge in [0.1, 0.15) is 12.6 Å². The van der Waals surface area contributed by atoms with Crippen molar-refractivity contribution in [3.63, 3.8) is 0 Å². The van der Waals surface area contributed by atoms with Crippen molar-refractivity contribution in [2.75, 3.05) is 19.8 Å². The van der Waals surface area contributed by atoms with E-state index in [0.29, 0.717) is 0 Å². The Kier molecular flexibility index (Phi) is 19.8. The van der Waals surface area contributed by atoms with E-state index in [9.17, 15) is 0 Å². The molecule has 1 rings (SSSR count). The van der Waals surface area contributed by atoms with E-state index in [1.54, 1.807) is 0 Å². The quantitative estimate of drug-likeness (QED) is 0.154. The van der Waals surface area contributed by atoms with Gasteiger partial charge in [0.25, 0.3) is 0 Å². The monoisotopic (exact) mass is 423 g/mol. The third-order valence-corrected chi connectivity index (χ3v) is 6.22. The number of hydrogen-bond donors (Lipinski definition) is 0. The van der Waals surface area contributed by atoms with Crippen LogP contribution in [0.4, 0.5) is 0 Å². The third kappa shape index (κ3) is 17.1. The molecule has 0 spiro atoms. The van der Waals surface area contributed by atoms with Gasteiger partial charge in [-0.15, -0.1) is 0 Å². The second kappa shape index (κ2) is 21.7. The van der Waals surface area contributed by atoms with E-state index in [1.165, 1.54) is 122 Å². The molecule has 0 saturated carbocycles. The molecule has 1 aliphatic rings. The van der Waals surface area contributed by atoms with Crippen molar-refractivity contribution in [1.29, 1.82) is 0 Å². The van der Waals surface area contributed by atoms with E-state index in [1.807, 2.05) is 0 Å². The van der Waals surface area contributed by atoms with Crippen molar-refractivity contribution in [3.05, 3.63) is 0 Å². The molecule has 3 heteroatoms. The molecule has 0 N–H and O–H groups in total. The maximum atomic E-state index is 5.82.